The number of halogens is 1. The number of rotatable bonds is 3. The molecule has 0 aromatic heterocycles. The minimum Gasteiger partial charge on any atom is -0.381 e. The highest BCUT2D eigenvalue weighted by Gasteiger charge is 2.35. The molecule has 0 bridgehead atoms. The quantitative estimate of drug-likeness (QED) is 0.413. The van der Waals surface area contributed by atoms with Crippen molar-refractivity contribution in [3.63, 3.8) is 0 Å². The molecular formula is C22H28IN3O. The van der Waals surface area contributed by atoms with E-state index in [4.69, 9.17) is 4.74 Å². The first-order valence-corrected chi connectivity index (χ1v) is 9.52. The number of anilines is 1. The van der Waals surface area contributed by atoms with Gasteiger partial charge in [-0.05, 0) is 36.5 Å². The number of nitrogens with zero attached hydrogens (tertiary/aromatic N) is 2. The van der Waals surface area contributed by atoms with E-state index in [9.17, 15) is 0 Å². The fourth-order valence-electron chi connectivity index (χ4n) is 4.22. The van der Waals surface area contributed by atoms with Gasteiger partial charge in [0.15, 0.2) is 5.96 Å². The van der Waals surface area contributed by atoms with E-state index in [-0.39, 0.29) is 29.4 Å². The van der Waals surface area contributed by atoms with Crippen LogP contribution in [0.3, 0.4) is 0 Å². The van der Waals surface area contributed by atoms with Crippen molar-refractivity contribution < 1.29 is 4.74 Å². The molecule has 0 unspecified atom stereocenters. The summed E-state index contributed by atoms with van der Waals surface area (Å²) in [6.07, 6.45) is 3.16. The summed E-state index contributed by atoms with van der Waals surface area (Å²) in [7, 11) is 1.88. The molecule has 1 N–H and O–H groups in total. The number of nitrogens with one attached hydrogen (secondary N) is 1. The Kier molecular flexibility index (Phi) is 6.76. The van der Waals surface area contributed by atoms with Crippen LogP contribution in [-0.4, -0.2) is 39.3 Å². The largest absolute Gasteiger partial charge is 0.381 e. The Balaban J connectivity index is 0.00000210. The van der Waals surface area contributed by atoms with Gasteiger partial charge in [0, 0.05) is 44.5 Å². The monoisotopic (exact) mass is 477 g/mol. The van der Waals surface area contributed by atoms with Gasteiger partial charge in [-0.15, -0.1) is 24.0 Å². The van der Waals surface area contributed by atoms with Crippen LogP contribution in [0.4, 0.5) is 5.69 Å². The fraction of sp³-hybridized carbons (Fsp3) is 0.409. The standard InChI is InChI=1S/C22H27N3O.HI/c1-23-21(25-14-11-18-7-5-6-10-20(18)25)24-17-22(12-15-26-16-13-22)19-8-3-2-4-9-19;/h2-10H,11-17H2,1H3,(H,23,24);1H. The van der Waals surface area contributed by atoms with Crippen molar-refractivity contribution in [1.29, 1.82) is 0 Å². The second kappa shape index (κ2) is 9.06. The molecule has 0 aliphatic carbocycles. The van der Waals surface area contributed by atoms with Gasteiger partial charge in [-0.3, -0.25) is 4.99 Å². The van der Waals surface area contributed by atoms with Crippen LogP contribution in [0.5, 0.6) is 0 Å². The number of ether oxygens (including phenoxy) is 1. The number of fused-ring (bicyclic) bond motifs is 1. The van der Waals surface area contributed by atoms with Crippen molar-refractivity contribution in [1.82, 2.24) is 5.32 Å². The highest BCUT2D eigenvalue weighted by molar-refractivity contribution is 14.0. The summed E-state index contributed by atoms with van der Waals surface area (Å²) >= 11 is 0. The molecule has 27 heavy (non-hydrogen) atoms. The maximum absolute atomic E-state index is 5.66. The van der Waals surface area contributed by atoms with Crippen LogP contribution in [0.1, 0.15) is 24.0 Å². The lowest BCUT2D eigenvalue weighted by atomic mass is 9.74. The Hall–Kier alpha value is -1.60. The lowest BCUT2D eigenvalue weighted by Gasteiger charge is -2.39. The average Bonchev–Trinajstić information content (AvgIpc) is 3.14. The normalized spacial score (nSPS) is 18.6. The minimum atomic E-state index is 0. The van der Waals surface area contributed by atoms with E-state index in [1.807, 2.05) is 7.05 Å². The van der Waals surface area contributed by atoms with Gasteiger partial charge in [-0.25, -0.2) is 0 Å². The molecule has 4 nitrogen and oxygen atoms in total. The second-order valence-electron chi connectivity index (χ2n) is 7.19. The highest BCUT2D eigenvalue weighted by Crippen LogP contribution is 2.34. The molecule has 0 spiro atoms. The van der Waals surface area contributed by atoms with E-state index in [2.05, 4.69) is 69.8 Å². The molecule has 0 amide bonds. The molecule has 0 saturated carbocycles. The number of benzene rings is 2. The van der Waals surface area contributed by atoms with E-state index >= 15 is 0 Å². The van der Waals surface area contributed by atoms with Crippen LogP contribution in [0, 0.1) is 0 Å². The van der Waals surface area contributed by atoms with Crippen LogP contribution in [0.15, 0.2) is 59.6 Å². The smallest absolute Gasteiger partial charge is 0.198 e. The molecule has 0 atom stereocenters. The zero-order valence-corrected chi connectivity index (χ0v) is 18.2. The lowest BCUT2D eigenvalue weighted by molar-refractivity contribution is 0.0514. The predicted molar refractivity (Wildman–Crippen MR) is 122 cm³/mol. The topological polar surface area (TPSA) is 36.9 Å². The van der Waals surface area contributed by atoms with E-state index in [0.717, 1.165) is 51.5 Å². The molecule has 4 rings (SSSR count). The molecule has 1 saturated heterocycles. The van der Waals surface area contributed by atoms with Crippen LogP contribution in [-0.2, 0) is 16.6 Å². The van der Waals surface area contributed by atoms with Crippen LogP contribution >= 0.6 is 24.0 Å². The van der Waals surface area contributed by atoms with Crippen molar-refractivity contribution in [2.75, 3.05) is 38.3 Å². The predicted octanol–water partition coefficient (Wildman–Crippen LogP) is 3.99. The van der Waals surface area contributed by atoms with Crippen LogP contribution < -0.4 is 10.2 Å². The number of hydrogen-bond donors (Lipinski definition) is 1. The summed E-state index contributed by atoms with van der Waals surface area (Å²) in [6, 6.07) is 19.5. The third-order valence-electron chi connectivity index (χ3n) is 5.78. The molecule has 2 heterocycles. The maximum Gasteiger partial charge on any atom is 0.198 e. The average molecular weight is 477 g/mol. The first-order chi connectivity index (χ1) is 12.8. The van der Waals surface area contributed by atoms with Crippen molar-refractivity contribution >= 4 is 35.6 Å². The molecule has 2 aliphatic rings. The molecule has 5 heteroatoms. The summed E-state index contributed by atoms with van der Waals surface area (Å²) in [6.45, 7) is 3.51. The minimum absolute atomic E-state index is 0. The van der Waals surface area contributed by atoms with Crippen molar-refractivity contribution in [2.45, 2.75) is 24.7 Å². The van der Waals surface area contributed by atoms with E-state index in [1.54, 1.807) is 0 Å². The number of para-hydroxylation sites is 1. The van der Waals surface area contributed by atoms with Crippen molar-refractivity contribution in [3.8, 4) is 0 Å². The Bertz CT molecular complexity index is 772. The van der Waals surface area contributed by atoms with Crippen LogP contribution in [0.25, 0.3) is 0 Å². The summed E-state index contributed by atoms with van der Waals surface area (Å²) in [5.41, 5.74) is 4.18. The maximum atomic E-state index is 5.66. The first-order valence-electron chi connectivity index (χ1n) is 9.52. The zero-order chi connectivity index (χ0) is 17.8. The third-order valence-corrected chi connectivity index (χ3v) is 5.78. The van der Waals surface area contributed by atoms with Gasteiger partial charge in [0.1, 0.15) is 0 Å². The summed E-state index contributed by atoms with van der Waals surface area (Å²) in [5.74, 6) is 0.969. The van der Waals surface area contributed by atoms with Gasteiger partial charge < -0.3 is 15.0 Å². The molecule has 2 aromatic carbocycles. The third kappa shape index (κ3) is 4.14. The van der Waals surface area contributed by atoms with Gasteiger partial charge in [0.2, 0.25) is 0 Å². The molecule has 1 fully saturated rings. The Labute approximate surface area is 179 Å². The summed E-state index contributed by atoms with van der Waals surface area (Å²) < 4.78 is 5.66. The first kappa shape index (κ1) is 20.1. The summed E-state index contributed by atoms with van der Waals surface area (Å²) in [5, 5.41) is 3.68. The number of hydrogen-bond acceptors (Lipinski definition) is 2. The Morgan fingerprint density at radius 2 is 1.78 bits per heavy atom. The van der Waals surface area contributed by atoms with Gasteiger partial charge in [0.05, 0.1) is 0 Å². The SMILES string of the molecule is CN=C(NCC1(c2ccccc2)CCOCC1)N1CCc2ccccc21.I. The Morgan fingerprint density at radius 3 is 2.52 bits per heavy atom. The summed E-state index contributed by atoms with van der Waals surface area (Å²) in [4.78, 5) is 6.89. The van der Waals surface area contributed by atoms with Crippen LogP contribution in [0.2, 0.25) is 0 Å². The van der Waals surface area contributed by atoms with E-state index in [1.165, 1.54) is 16.8 Å². The zero-order valence-electron chi connectivity index (χ0n) is 15.9. The van der Waals surface area contributed by atoms with Crippen molar-refractivity contribution in [2.24, 2.45) is 4.99 Å². The van der Waals surface area contributed by atoms with Gasteiger partial charge >= 0.3 is 0 Å². The molecule has 2 aromatic rings. The van der Waals surface area contributed by atoms with Gasteiger partial charge in [-0.2, -0.15) is 0 Å². The number of aliphatic imine (C=N–C) groups is 1. The lowest BCUT2D eigenvalue weighted by Crippen LogP contribution is -2.49. The van der Waals surface area contributed by atoms with E-state index < -0.39 is 0 Å². The molecular weight excluding hydrogens is 449 g/mol. The molecule has 2 aliphatic heterocycles. The second-order valence-corrected chi connectivity index (χ2v) is 7.19. The molecule has 144 valence electrons. The van der Waals surface area contributed by atoms with Crippen molar-refractivity contribution in [3.05, 3.63) is 65.7 Å². The highest BCUT2D eigenvalue weighted by atomic mass is 127. The fourth-order valence-corrected chi connectivity index (χ4v) is 4.22. The molecule has 0 radical (unpaired) electrons. The van der Waals surface area contributed by atoms with Gasteiger partial charge in [0.25, 0.3) is 0 Å². The Morgan fingerprint density at radius 1 is 1.07 bits per heavy atom. The van der Waals surface area contributed by atoms with E-state index in [0.29, 0.717) is 0 Å². The van der Waals surface area contributed by atoms with Gasteiger partial charge in [-0.1, -0.05) is 48.5 Å². The number of guanidine groups is 1.